The van der Waals surface area contributed by atoms with Crippen LogP contribution >= 0.6 is 0 Å². The first kappa shape index (κ1) is 10.7. The van der Waals surface area contributed by atoms with Gasteiger partial charge in [0.25, 0.3) is 5.56 Å². The Morgan fingerprint density at radius 1 is 1.50 bits per heavy atom. The summed E-state index contributed by atoms with van der Waals surface area (Å²) in [7, 11) is 0. The second-order valence-corrected chi connectivity index (χ2v) is 3.24. The lowest BCUT2D eigenvalue weighted by molar-refractivity contribution is -0.120. The molecule has 1 aromatic rings. The Bertz CT molecular complexity index is 368. The van der Waals surface area contributed by atoms with E-state index in [-0.39, 0.29) is 17.3 Å². The summed E-state index contributed by atoms with van der Waals surface area (Å²) in [5.74, 6) is -0.117. The summed E-state index contributed by atoms with van der Waals surface area (Å²) in [5, 5.41) is 0. The third-order valence-electron chi connectivity index (χ3n) is 2.37. The highest BCUT2D eigenvalue weighted by atomic mass is 16.1. The lowest BCUT2D eigenvalue weighted by Gasteiger charge is -2.11. The van der Waals surface area contributed by atoms with Crippen LogP contribution in [0.4, 0.5) is 0 Å². The Morgan fingerprint density at radius 3 is 2.71 bits per heavy atom. The Hall–Kier alpha value is -1.38. The van der Waals surface area contributed by atoms with Gasteiger partial charge in [0.15, 0.2) is 0 Å². The van der Waals surface area contributed by atoms with Gasteiger partial charge in [-0.3, -0.25) is 9.59 Å². The number of rotatable bonds is 4. The van der Waals surface area contributed by atoms with Gasteiger partial charge in [-0.2, -0.15) is 0 Å². The number of Topliss-reactive ketones (excluding diaryl/α,β-unsaturated/α-hetero) is 1. The quantitative estimate of drug-likeness (QED) is 0.793. The molecule has 76 valence electrons. The molecule has 0 aromatic carbocycles. The van der Waals surface area contributed by atoms with Crippen LogP contribution in [0.1, 0.15) is 38.2 Å². The smallest absolute Gasteiger partial charge is 0.251 e. The summed E-state index contributed by atoms with van der Waals surface area (Å²) in [6.07, 6.45) is 2.74. The minimum atomic E-state index is -0.245. The van der Waals surface area contributed by atoms with Gasteiger partial charge in [-0.05, 0) is 12.5 Å². The molecule has 1 heterocycles. The predicted octanol–water partition coefficient (Wildman–Crippen LogP) is 1.85. The zero-order valence-electron chi connectivity index (χ0n) is 8.54. The van der Waals surface area contributed by atoms with E-state index >= 15 is 0 Å². The van der Waals surface area contributed by atoms with Crippen LogP contribution < -0.4 is 5.56 Å². The van der Waals surface area contributed by atoms with E-state index in [1.165, 1.54) is 0 Å². The molecule has 1 atom stereocenters. The fourth-order valence-corrected chi connectivity index (χ4v) is 1.58. The molecule has 0 fully saturated rings. The molecule has 0 radical (unpaired) electrons. The molecule has 3 heteroatoms. The van der Waals surface area contributed by atoms with Gasteiger partial charge in [-0.15, -0.1) is 0 Å². The summed E-state index contributed by atoms with van der Waals surface area (Å²) in [4.78, 5) is 25.6. The van der Waals surface area contributed by atoms with E-state index in [4.69, 9.17) is 0 Å². The first-order valence-corrected chi connectivity index (χ1v) is 4.91. The van der Waals surface area contributed by atoms with Crippen LogP contribution in [0.25, 0.3) is 0 Å². The summed E-state index contributed by atoms with van der Waals surface area (Å²) in [6.45, 7) is 3.74. The number of pyridine rings is 1. The molecule has 1 aromatic heterocycles. The van der Waals surface area contributed by atoms with Crippen molar-refractivity contribution in [3.05, 3.63) is 34.2 Å². The second-order valence-electron chi connectivity index (χ2n) is 3.24. The highest BCUT2D eigenvalue weighted by Crippen LogP contribution is 2.17. The van der Waals surface area contributed by atoms with Crippen molar-refractivity contribution in [3.63, 3.8) is 0 Å². The number of hydrogen-bond acceptors (Lipinski definition) is 2. The number of carbonyl (C=O) groups is 1. The van der Waals surface area contributed by atoms with Gasteiger partial charge in [0, 0.05) is 24.1 Å². The molecular formula is C11H15NO2. The molecule has 0 amide bonds. The highest BCUT2D eigenvalue weighted by Gasteiger charge is 2.18. The molecule has 0 spiro atoms. The number of aromatic nitrogens is 1. The summed E-state index contributed by atoms with van der Waals surface area (Å²) >= 11 is 0. The molecule has 0 saturated carbocycles. The molecule has 1 N–H and O–H groups in total. The third kappa shape index (κ3) is 2.10. The van der Waals surface area contributed by atoms with Crippen LogP contribution in [0.5, 0.6) is 0 Å². The molecule has 0 bridgehead atoms. The lowest BCUT2D eigenvalue weighted by Crippen LogP contribution is -2.20. The van der Waals surface area contributed by atoms with Crippen molar-refractivity contribution in [2.24, 2.45) is 0 Å². The van der Waals surface area contributed by atoms with Crippen molar-refractivity contribution in [2.45, 2.75) is 32.6 Å². The zero-order valence-corrected chi connectivity index (χ0v) is 8.54. The van der Waals surface area contributed by atoms with E-state index in [0.717, 1.165) is 0 Å². The van der Waals surface area contributed by atoms with Crippen LogP contribution in [0, 0.1) is 0 Å². The van der Waals surface area contributed by atoms with E-state index < -0.39 is 0 Å². The van der Waals surface area contributed by atoms with Gasteiger partial charge in [0.1, 0.15) is 5.78 Å². The number of hydrogen-bond donors (Lipinski definition) is 1. The molecule has 0 aliphatic rings. The summed E-state index contributed by atoms with van der Waals surface area (Å²) in [6, 6.07) is 3.48. The van der Waals surface area contributed by atoms with Crippen molar-refractivity contribution in [2.75, 3.05) is 0 Å². The maximum atomic E-state index is 11.5. The standard InChI is InChI=1S/C11H15NO2/c1-3-8(10(13)4-2)9-6-5-7-12-11(9)14/h5-8H,3-4H2,1-2H3,(H,12,14). The van der Waals surface area contributed by atoms with E-state index in [0.29, 0.717) is 18.4 Å². The van der Waals surface area contributed by atoms with E-state index in [1.807, 2.05) is 13.8 Å². The largest absolute Gasteiger partial charge is 0.329 e. The molecule has 1 unspecified atom stereocenters. The van der Waals surface area contributed by atoms with E-state index in [2.05, 4.69) is 4.98 Å². The zero-order chi connectivity index (χ0) is 10.6. The molecule has 1 rings (SSSR count). The van der Waals surface area contributed by atoms with Gasteiger partial charge >= 0.3 is 0 Å². The van der Waals surface area contributed by atoms with Crippen LogP contribution in [-0.4, -0.2) is 10.8 Å². The van der Waals surface area contributed by atoms with Gasteiger partial charge in [0.05, 0.1) is 0 Å². The predicted molar refractivity (Wildman–Crippen MR) is 55.4 cm³/mol. The van der Waals surface area contributed by atoms with Gasteiger partial charge in [0.2, 0.25) is 0 Å². The summed E-state index contributed by atoms with van der Waals surface area (Å²) < 4.78 is 0. The number of aromatic amines is 1. The normalized spacial score (nSPS) is 12.4. The van der Waals surface area contributed by atoms with Crippen molar-refractivity contribution in [1.82, 2.24) is 4.98 Å². The van der Waals surface area contributed by atoms with Crippen molar-refractivity contribution in [1.29, 1.82) is 0 Å². The number of carbonyl (C=O) groups excluding carboxylic acids is 1. The highest BCUT2D eigenvalue weighted by molar-refractivity contribution is 5.85. The minimum absolute atomic E-state index is 0.129. The van der Waals surface area contributed by atoms with Crippen LogP contribution in [-0.2, 0) is 4.79 Å². The van der Waals surface area contributed by atoms with Gasteiger partial charge < -0.3 is 4.98 Å². The second kappa shape index (κ2) is 4.74. The average molecular weight is 193 g/mol. The monoisotopic (exact) mass is 193 g/mol. The minimum Gasteiger partial charge on any atom is -0.329 e. The van der Waals surface area contributed by atoms with Gasteiger partial charge in [-0.25, -0.2) is 0 Å². The number of nitrogens with one attached hydrogen (secondary N) is 1. The maximum absolute atomic E-state index is 11.5. The molecule has 0 aliphatic carbocycles. The third-order valence-corrected chi connectivity index (χ3v) is 2.37. The van der Waals surface area contributed by atoms with E-state index in [1.54, 1.807) is 18.3 Å². The number of ketones is 1. The fourth-order valence-electron chi connectivity index (χ4n) is 1.58. The lowest BCUT2D eigenvalue weighted by atomic mass is 9.92. The SMILES string of the molecule is CCC(=O)C(CC)c1ccc[nH]c1=O. The molecule has 3 nitrogen and oxygen atoms in total. The van der Waals surface area contributed by atoms with Crippen molar-refractivity contribution < 1.29 is 4.79 Å². The average Bonchev–Trinajstić information content (AvgIpc) is 2.21. The van der Waals surface area contributed by atoms with Crippen LogP contribution in [0.15, 0.2) is 23.1 Å². The Balaban J connectivity index is 3.07. The molecular weight excluding hydrogens is 178 g/mol. The Kier molecular flexibility index (Phi) is 3.63. The van der Waals surface area contributed by atoms with Crippen molar-refractivity contribution >= 4 is 5.78 Å². The number of H-pyrrole nitrogens is 1. The van der Waals surface area contributed by atoms with Gasteiger partial charge in [-0.1, -0.05) is 19.9 Å². The first-order valence-electron chi connectivity index (χ1n) is 4.91. The van der Waals surface area contributed by atoms with Crippen LogP contribution in [0.3, 0.4) is 0 Å². The van der Waals surface area contributed by atoms with E-state index in [9.17, 15) is 9.59 Å². The fraction of sp³-hybridized carbons (Fsp3) is 0.455. The molecule has 0 aliphatic heterocycles. The van der Waals surface area contributed by atoms with Crippen LogP contribution in [0.2, 0.25) is 0 Å². The Labute approximate surface area is 83.2 Å². The van der Waals surface area contributed by atoms with Crippen molar-refractivity contribution in [3.8, 4) is 0 Å². The Morgan fingerprint density at radius 2 is 2.21 bits per heavy atom. The maximum Gasteiger partial charge on any atom is 0.251 e. The topological polar surface area (TPSA) is 49.9 Å². The molecule has 0 saturated heterocycles. The first-order chi connectivity index (χ1) is 6.70. The molecule has 14 heavy (non-hydrogen) atoms. The summed E-state index contributed by atoms with van der Waals surface area (Å²) in [5.41, 5.74) is 0.433.